The molecule has 2 rings (SSSR count). The lowest BCUT2D eigenvalue weighted by molar-refractivity contribution is -0.157. The minimum Gasteiger partial charge on any atom is -0.481 e. The van der Waals surface area contributed by atoms with Crippen molar-refractivity contribution < 1.29 is 36.9 Å². The standard InChI is InChI=1S/C20H27NO8S/c1-13(19(23)24)14(2)20(25)28-16-9-11-17(12-10-16)30(26,27)29-21(3)18(22)15-7-5-4-6-8-15/h9-15H,4-8H2,1-3H3,(H,23,24). The number of carboxylic acid groups (broad SMARTS) is 1. The summed E-state index contributed by atoms with van der Waals surface area (Å²) in [6, 6.07) is 4.88. The Kier molecular flexibility index (Phi) is 7.96. The molecule has 2 atom stereocenters. The summed E-state index contributed by atoms with van der Waals surface area (Å²) < 4.78 is 34.9. The first-order chi connectivity index (χ1) is 14.0. The van der Waals surface area contributed by atoms with Crippen LogP contribution in [0.2, 0.25) is 0 Å². The van der Waals surface area contributed by atoms with E-state index in [-0.39, 0.29) is 22.5 Å². The molecule has 0 heterocycles. The third-order valence-electron chi connectivity index (χ3n) is 5.32. The molecule has 0 saturated heterocycles. The number of hydrogen-bond donors (Lipinski definition) is 1. The van der Waals surface area contributed by atoms with E-state index in [1.807, 2.05) is 0 Å². The Balaban J connectivity index is 2.01. The molecule has 0 spiro atoms. The van der Waals surface area contributed by atoms with Crippen LogP contribution in [0.5, 0.6) is 5.75 Å². The molecule has 1 aliphatic carbocycles. The van der Waals surface area contributed by atoms with Gasteiger partial charge in [-0.2, -0.15) is 8.42 Å². The van der Waals surface area contributed by atoms with Gasteiger partial charge in [0.05, 0.1) is 16.7 Å². The van der Waals surface area contributed by atoms with Gasteiger partial charge in [-0.15, -0.1) is 4.28 Å². The largest absolute Gasteiger partial charge is 0.481 e. The number of hydrogen-bond acceptors (Lipinski definition) is 7. The van der Waals surface area contributed by atoms with Crippen molar-refractivity contribution in [3.63, 3.8) is 0 Å². The summed E-state index contributed by atoms with van der Waals surface area (Å²) in [7, 11) is -2.97. The van der Waals surface area contributed by atoms with Gasteiger partial charge in [-0.3, -0.25) is 14.4 Å². The Morgan fingerprint density at radius 2 is 1.60 bits per heavy atom. The van der Waals surface area contributed by atoms with Crippen LogP contribution in [0.25, 0.3) is 0 Å². The van der Waals surface area contributed by atoms with Crippen molar-refractivity contribution in [1.29, 1.82) is 0 Å². The van der Waals surface area contributed by atoms with Crippen molar-refractivity contribution in [2.24, 2.45) is 17.8 Å². The lowest BCUT2D eigenvalue weighted by atomic mass is 9.89. The van der Waals surface area contributed by atoms with Gasteiger partial charge in [0.25, 0.3) is 0 Å². The first kappa shape index (κ1) is 23.8. The zero-order valence-corrected chi connectivity index (χ0v) is 18.1. The van der Waals surface area contributed by atoms with E-state index in [0.717, 1.165) is 24.3 Å². The molecule has 1 N–H and O–H groups in total. The molecule has 30 heavy (non-hydrogen) atoms. The minimum atomic E-state index is -4.24. The molecule has 9 nitrogen and oxygen atoms in total. The van der Waals surface area contributed by atoms with Crippen molar-refractivity contribution in [3.8, 4) is 5.75 Å². The highest BCUT2D eigenvalue weighted by molar-refractivity contribution is 7.86. The second-order valence-electron chi connectivity index (χ2n) is 7.51. The Morgan fingerprint density at radius 1 is 1.03 bits per heavy atom. The van der Waals surface area contributed by atoms with Gasteiger partial charge in [-0.05, 0) is 37.1 Å². The predicted octanol–water partition coefficient (Wildman–Crippen LogP) is 2.61. The van der Waals surface area contributed by atoms with Gasteiger partial charge in [0.15, 0.2) is 0 Å². The zero-order chi connectivity index (χ0) is 22.5. The number of esters is 1. The molecular formula is C20H27NO8S. The van der Waals surface area contributed by atoms with E-state index in [0.29, 0.717) is 12.8 Å². The molecule has 0 bridgehead atoms. The van der Waals surface area contributed by atoms with Crippen molar-refractivity contribution in [2.75, 3.05) is 7.05 Å². The lowest BCUT2D eigenvalue weighted by Crippen LogP contribution is -2.35. The molecule has 0 aliphatic heterocycles. The molecule has 0 aromatic heterocycles. The molecule has 2 unspecified atom stereocenters. The number of carboxylic acids is 1. The van der Waals surface area contributed by atoms with Crippen molar-refractivity contribution in [1.82, 2.24) is 5.06 Å². The highest BCUT2D eigenvalue weighted by atomic mass is 32.2. The van der Waals surface area contributed by atoms with Gasteiger partial charge in [0, 0.05) is 13.0 Å². The first-order valence-electron chi connectivity index (χ1n) is 9.79. The van der Waals surface area contributed by atoms with E-state index in [2.05, 4.69) is 0 Å². The van der Waals surface area contributed by atoms with Crippen molar-refractivity contribution >= 4 is 28.0 Å². The van der Waals surface area contributed by atoms with Crippen LogP contribution in [0.15, 0.2) is 29.2 Å². The molecule has 1 saturated carbocycles. The SMILES string of the molecule is CC(C(=O)O)C(C)C(=O)Oc1ccc(S(=O)(=O)ON(C)C(=O)C2CCCCC2)cc1. The van der Waals surface area contributed by atoms with E-state index in [1.165, 1.54) is 45.2 Å². The molecule has 1 aromatic rings. The first-order valence-corrected chi connectivity index (χ1v) is 11.2. The second kappa shape index (κ2) is 10.0. The number of amides is 1. The zero-order valence-electron chi connectivity index (χ0n) is 17.2. The van der Waals surface area contributed by atoms with Crippen LogP contribution in [-0.4, -0.2) is 43.5 Å². The monoisotopic (exact) mass is 441 g/mol. The van der Waals surface area contributed by atoms with Crippen molar-refractivity contribution in [2.45, 2.75) is 50.8 Å². The summed E-state index contributed by atoms with van der Waals surface area (Å²) in [5.74, 6) is -4.22. The summed E-state index contributed by atoms with van der Waals surface area (Å²) in [4.78, 5) is 35.2. The number of rotatable bonds is 8. The Hall–Kier alpha value is -2.46. The summed E-state index contributed by atoms with van der Waals surface area (Å²) >= 11 is 0. The number of aliphatic carboxylic acids is 1. The summed E-state index contributed by atoms with van der Waals surface area (Å²) in [5.41, 5.74) is 0. The Bertz CT molecular complexity index is 875. The van der Waals surface area contributed by atoms with Gasteiger partial charge < -0.3 is 9.84 Å². The average Bonchev–Trinajstić information content (AvgIpc) is 2.72. The van der Waals surface area contributed by atoms with Crippen LogP contribution in [0.4, 0.5) is 0 Å². The van der Waals surface area contributed by atoms with E-state index in [1.54, 1.807) is 0 Å². The molecule has 0 radical (unpaired) electrons. The molecule has 10 heteroatoms. The van der Waals surface area contributed by atoms with E-state index >= 15 is 0 Å². The summed E-state index contributed by atoms with van der Waals surface area (Å²) in [6.07, 6.45) is 4.36. The van der Waals surface area contributed by atoms with Crippen LogP contribution >= 0.6 is 0 Å². The maximum Gasteiger partial charge on any atom is 0.317 e. The normalized spacial score (nSPS) is 17.0. The van der Waals surface area contributed by atoms with Crippen LogP contribution < -0.4 is 4.74 Å². The number of ether oxygens (including phenoxy) is 1. The van der Waals surface area contributed by atoms with E-state index in [4.69, 9.17) is 14.1 Å². The molecule has 1 aliphatic rings. The number of carbonyl (C=O) groups excluding carboxylic acids is 2. The minimum absolute atomic E-state index is 0.0648. The lowest BCUT2D eigenvalue weighted by Gasteiger charge is -2.25. The van der Waals surface area contributed by atoms with Crippen LogP contribution in [0.3, 0.4) is 0 Å². The van der Waals surface area contributed by atoms with Gasteiger partial charge in [-0.1, -0.05) is 33.1 Å². The number of nitrogens with zero attached hydrogens (tertiary/aromatic N) is 1. The predicted molar refractivity (Wildman–Crippen MR) is 106 cm³/mol. The van der Waals surface area contributed by atoms with Crippen molar-refractivity contribution in [3.05, 3.63) is 24.3 Å². The van der Waals surface area contributed by atoms with Crippen LogP contribution in [0, 0.1) is 17.8 Å². The smallest absolute Gasteiger partial charge is 0.317 e. The molecule has 1 aromatic carbocycles. The van der Waals surface area contributed by atoms with Crippen LogP contribution in [-0.2, 0) is 28.8 Å². The summed E-state index contributed by atoms with van der Waals surface area (Å²) in [6.45, 7) is 2.83. The quantitative estimate of drug-likeness (QED) is 0.370. The molecular weight excluding hydrogens is 414 g/mol. The van der Waals surface area contributed by atoms with Gasteiger partial charge in [0.2, 0.25) is 5.91 Å². The molecule has 1 amide bonds. The fraction of sp³-hybridized carbons (Fsp3) is 0.550. The third-order valence-corrected chi connectivity index (χ3v) is 6.59. The topological polar surface area (TPSA) is 127 Å². The second-order valence-corrected chi connectivity index (χ2v) is 9.04. The maximum absolute atomic E-state index is 12.4. The number of carbonyl (C=O) groups is 3. The maximum atomic E-state index is 12.4. The van der Waals surface area contributed by atoms with Gasteiger partial charge in [0.1, 0.15) is 5.75 Å². The Morgan fingerprint density at radius 3 is 2.13 bits per heavy atom. The highest BCUT2D eigenvalue weighted by Crippen LogP contribution is 2.26. The van der Waals surface area contributed by atoms with Gasteiger partial charge >= 0.3 is 22.1 Å². The highest BCUT2D eigenvalue weighted by Gasteiger charge is 2.29. The van der Waals surface area contributed by atoms with Gasteiger partial charge in [-0.25, -0.2) is 5.06 Å². The summed E-state index contributed by atoms with van der Waals surface area (Å²) in [5, 5.41) is 9.73. The van der Waals surface area contributed by atoms with Crippen LogP contribution in [0.1, 0.15) is 46.0 Å². The average molecular weight is 442 g/mol. The number of benzene rings is 1. The molecule has 166 valence electrons. The third kappa shape index (κ3) is 6.02. The Labute approximate surface area is 176 Å². The van der Waals surface area contributed by atoms with E-state index in [9.17, 15) is 22.8 Å². The number of hydroxylamine groups is 2. The fourth-order valence-corrected chi connectivity index (χ4v) is 4.06. The fourth-order valence-electron chi connectivity index (χ4n) is 3.14. The molecule has 1 fully saturated rings. The van der Waals surface area contributed by atoms with E-state index < -0.39 is 33.9 Å².